The average Bonchev–Trinajstić information content (AvgIpc) is 2.80. The van der Waals surface area contributed by atoms with Crippen molar-refractivity contribution in [2.45, 2.75) is 26.8 Å². The lowest BCUT2D eigenvalue weighted by Gasteiger charge is -2.18. The standard InChI is InChI=1S/C26H27FN2O4/c1-16-5-6-17(2)22(13-16)18(3)28-26(31)19-7-12-23(24(14-19)32-4)33-15-25(30)29-21-10-8-20(27)9-11-21/h5-14,18H,15H2,1-4H3,(H,28,31)(H,29,30)/t18-/m0/s1. The number of nitrogens with one attached hydrogen (secondary N) is 2. The Balaban J connectivity index is 1.63. The molecule has 0 aromatic heterocycles. The van der Waals surface area contributed by atoms with Gasteiger partial charge in [-0.05, 0) is 74.4 Å². The second kappa shape index (κ2) is 10.6. The molecule has 6 nitrogen and oxygen atoms in total. The van der Waals surface area contributed by atoms with E-state index in [0.29, 0.717) is 22.7 Å². The summed E-state index contributed by atoms with van der Waals surface area (Å²) in [6, 6.07) is 16.2. The minimum atomic E-state index is -0.409. The molecule has 3 aromatic rings. The predicted molar refractivity (Wildman–Crippen MR) is 125 cm³/mol. The van der Waals surface area contributed by atoms with Gasteiger partial charge in [0.05, 0.1) is 13.2 Å². The van der Waals surface area contributed by atoms with Crippen molar-refractivity contribution in [2.24, 2.45) is 0 Å². The molecule has 33 heavy (non-hydrogen) atoms. The third kappa shape index (κ3) is 6.32. The number of benzene rings is 3. The normalized spacial score (nSPS) is 11.4. The van der Waals surface area contributed by atoms with Crippen LogP contribution in [0.1, 0.15) is 40.0 Å². The first-order valence-electron chi connectivity index (χ1n) is 10.5. The van der Waals surface area contributed by atoms with Gasteiger partial charge >= 0.3 is 0 Å². The van der Waals surface area contributed by atoms with Crippen LogP contribution in [0.4, 0.5) is 10.1 Å². The lowest BCUT2D eigenvalue weighted by atomic mass is 9.99. The summed E-state index contributed by atoms with van der Waals surface area (Å²) in [5.41, 5.74) is 4.16. The molecule has 2 N–H and O–H groups in total. The molecule has 0 heterocycles. The molecule has 2 amide bonds. The van der Waals surface area contributed by atoms with Crippen LogP contribution in [-0.4, -0.2) is 25.5 Å². The van der Waals surface area contributed by atoms with E-state index in [1.54, 1.807) is 18.2 Å². The third-order valence-corrected chi connectivity index (χ3v) is 5.16. The summed E-state index contributed by atoms with van der Waals surface area (Å²) >= 11 is 0. The van der Waals surface area contributed by atoms with E-state index in [1.165, 1.54) is 31.4 Å². The van der Waals surface area contributed by atoms with E-state index >= 15 is 0 Å². The maximum atomic E-state index is 13.0. The minimum Gasteiger partial charge on any atom is -0.493 e. The van der Waals surface area contributed by atoms with Crippen molar-refractivity contribution in [3.8, 4) is 11.5 Å². The molecule has 0 fully saturated rings. The number of methoxy groups -OCH3 is 1. The number of carbonyl (C=O) groups excluding carboxylic acids is 2. The fourth-order valence-corrected chi connectivity index (χ4v) is 3.39. The Labute approximate surface area is 192 Å². The second-order valence-electron chi connectivity index (χ2n) is 7.76. The van der Waals surface area contributed by atoms with Crippen LogP contribution in [0, 0.1) is 19.7 Å². The van der Waals surface area contributed by atoms with Crippen molar-refractivity contribution in [3.05, 3.63) is 88.7 Å². The number of rotatable bonds is 8. The monoisotopic (exact) mass is 450 g/mol. The van der Waals surface area contributed by atoms with Gasteiger partial charge in [0.25, 0.3) is 11.8 Å². The quantitative estimate of drug-likeness (QED) is 0.509. The maximum absolute atomic E-state index is 13.0. The maximum Gasteiger partial charge on any atom is 0.262 e. The summed E-state index contributed by atoms with van der Waals surface area (Å²) < 4.78 is 23.9. The molecule has 0 saturated carbocycles. The summed E-state index contributed by atoms with van der Waals surface area (Å²) in [4.78, 5) is 24.9. The molecule has 172 valence electrons. The molecule has 0 unspecified atom stereocenters. The SMILES string of the molecule is COc1cc(C(=O)N[C@@H](C)c2cc(C)ccc2C)ccc1OCC(=O)Nc1ccc(F)cc1. The first kappa shape index (κ1) is 23.8. The van der Waals surface area contributed by atoms with Gasteiger partial charge in [0.15, 0.2) is 18.1 Å². The Kier molecular flexibility index (Phi) is 7.66. The zero-order valence-corrected chi connectivity index (χ0v) is 19.1. The Bertz CT molecular complexity index is 1150. The molecule has 0 spiro atoms. The first-order chi connectivity index (χ1) is 15.8. The van der Waals surface area contributed by atoms with Crippen LogP contribution in [0.25, 0.3) is 0 Å². The van der Waals surface area contributed by atoms with E-state index < -0.39 is 5.91 Å². The molecule has 3 rings (SSSR count). The van der Waals surface area contributed by atoms with Crippen LogP contribution in [0.15, 0.2) is 60.7 Å². The largest absolute Gasteiger partial charge is 0.493 e. The molecular formula is C26H27FN2O4. The van der Waals surface area contributed by atoms with Crippen LogP contribution < -0.4 is 20.1 Å². The summed E-state index contributed by atoms with van der Waals surface area (Å²) in [5.74, 6) is -0.390. The lowest BCUT2D eigenvalue weighted by molar-refractivity contribution is -0.118. The van der Waals surface area contributed by atoms with Crippen molar-refractivity contribution in [2.75, 3.05) is 19.0 Å². The summed E-state index contributed by atoms with van der Waals surface area (Å²) in [6.07, 6.45) is 0. The first-order valence-corrected chi connectivity index (χ1v) is 10.5. The van der Waals surface area contributed by atoms with Crippen molar-refractivity contribution in [1.29, 1.82) is 0 Å². The number of halogens is 1. The zero-order chi connectivity index (χ0) is 24.0. The lowest BCUT2D eigenvalue weighted by Crippen LogP contribution is -2.27. The summed E-state index contributed by atoms with van der Waals surface area (Å²) in [5, 5.41) is 5.62. The van der Waals surface area contributed by atoms with Crippen LogP contribution >= 0.6 is 0 Å². The van der Waals surface area contributed by atoms with E-state index in [0.717, 1.165) is 16.7 Å². The van der Waals surface area contributed by atoms with Crippen LogP contribution in [0.3, 0.4) is 0 Å². The number of anilines is 1. The van der Waals surface area contributed by atoms with Crippen molar-refractivity contribution in [3.63, 3.8) is 0 Å². The Morgan fingerprint density at radius 1 is 0.970 bits per heavy atom. The minimum absolute atomic E-state index is 0.172. The molecular weight excluding hydrogens is 423 g/mol. The number of carbonyl (C=O) groups is 2. The Hall–Kier alpha value is -3.87. The highest BCUT2D eigenvalue weighted by atomic mass is 19.1. The second-order valence-corrected chi connectivity index (χ2v) is 7.76. The topological polar surface area (TPSA) is 76.7 Å². The Morgan fingerprint density at radius 3 is 2.39 bits per heavy atom. The van der Waals surface area contributed by atoms with Crippen LogP contribution in [0.5, 0.6) is 11.5 Å². The molecule has 3 aromatic carbocycles. The molecule has 0 aliphatic carbocycles. The summed E-state index contributed by atoms with van der Waals surface area (Å²) in [7, 11) is 1.46. The smallest absolute Gasteiger partial charge is 0.262 e. The number of amides is 2. The molecule has 7 heteroatoms. The predicted octanol–water partition coefficient (Wildman–Crippen LogP) is 4.96. The number of hydrogen-bond acceptors (Lipinski definition) is 4. The number of aryl methyl sites for hydroxylation is 2. The van der Waals surface area contributed by atoms with Gasteiger partial charge < -0.3 is 20.1 Å². The van der Waals surface area contributed by atoms with Crippen LogP contribution in [0.2, 0.25) is 0 Å². The zero-order valence-electron chi connectivity index (χ0n) is 19.1. The van der Waals surface area contributed by atoms with Gasteiger partial charge in [0, 0.05) is 11.3 Å². The number of ether oxygens (including phenoxy) is 2. The fraction of sp³-hybridized carbons (Fsp3) is 0.231. The van der Waals surface area contributed by atoms with Gasteiger partial charge in [0.1, 0.15) is 5.82 Å². The van der Waals surface area contributed by atoms with Crippen LogP contribution in [-0.2, 0) is 4.79 Å². The molecule has 1 atom stereocenters. The van der Waals surface area contributed by atoms with Gasteiger partial charge in [-0.1, -0.05) is 23.8 Å². The van der Waals surface area contributed by atoms with Gasteiger partial charge in [-0.25, -0.2) is 4.39 Å². The van der Waals surface area contributed by atoms with Gasteiger partial charge in [-0.2, -0.15) is 0 Å². The molecule has 0 radical (unpaired) electrons. The highest BCUT2D eigenvalue weighted by Gasteiger charge is 2.16. The molecule has 0 saturated heterocycles. The van der Waals surface area contributed by atoms with E-state index in [-0.39, 0.29) is 24.4 Å². The van der Waals surface area contributed by atoms with Crippen molar-refractivity contribution < 1.29 is 23.5 Å². The van der Waals surface area contributed by atoms with E-state index in [4.69, 9.17) is 9.47 Å². The molecule has 0 aliphatic heterocycles. The highest BCUT2D eigenvalue weighted by Crippen LogP contribution is 2.28. The average molecular weight is 451 g/mol. The third-order valence-electron chi connectivity index (χ3n) is 5.16. The fourth-order valence-electron chi connectivity index (χ4n) is 3.39. The Morgan fingerprint density at radius 2 is 1.70 bits per heavy atom. The van der Waals surface area contributed by atoms with Crippen molar-refractivity contribution in [1.82, 2.24) is 5.32 Å². The van der Waals surface area contributed by atoms with E-state index in [9.17, 15) is 14.0 Å². The van der Waals surface area contributed by atoms with Crippen molar-refractivity contribution >= 4 is 17.5 Å². The summed E-state index contributed by atoms with van der Waals surface area (Å²) in [6.45, 7) is 5.69. The molecule has 0 aliphatic rings. The highest BCUT2D eigenvalue weighted by molar-refractivity contribution is 5.95. The molecule has 0 bridgehead atoms. The number of hydrogen-bond donors (Lipinski definition) is 2. The van der Waals surface area contributed by atoms with E-state index in [2.05, 4.69) is 16.7 Å². The van der Waals surface area contributed by atoms with E-state index in [1.807, 2.05) is 32.9 Å². The van der Waals surface area contributed by atoms with Gasteiger partial charge in [-0.3, -0.25) is 9.59 Å². The van der Waals surface area contributed by atoms with Gasteiger partial charge in [0.2, 0.25) is 0 Å². The van der Waals surface area contributed by atoms with Gasteiger partial charge in [-0.15, -0.1) is 0 Å².